The molecule has 4 heteroatoms. The molecule has 0 aromatic heterocycles. The van der Waals surface area contributed by atoms with Crippen LogP contribution < -0.4 is 5.32 Å². The molecule has 1 aliphatic rings. The fourth-order valence-corrected chi connectivity index (χ4v) is 2.20. The van der Waals surface area contributed by atoms with Crippen molar-refractivity contribution >= 4 is 29.9 Å². The van der Waals surface area contributed by atoms with Crippen LogP contribution in [0.15, 0.2) is 17.6 Å². The summed E-state index contributed by atoms with van der Waals surface area (Å²) in [5.41, 5.74) is 0. The summed E-state index contributed by atoms with van der Waals surface area (Å²) in [5, 5.41) is 3.55. The molecule has 0 radical (unpaired) electrons. The van der Waals surface area contributed by atoms with Gasteiger partial charge in [-0.2, -0.15) is 0 Å². The summed E-state index contributed by atoms with van der Waals surface area (Å²) in [6.07, 6.45) is 8.13. The number of halogens is 1. The van der Waals surface area contributed by atoms with Gasteiger partial charge in [-0.3, -0.25) is 4.99 Å². The molecule has 1 N–H and O–H groups in total. The second kappa shape index (κ2) is 9.64. The first kappa shape index (κ1) is 17.7. The van der Waals surface area contributed by atoms with Crippen LogP contribution in [0.2, 0.25) is 0 Å². The number of rotatable bonds is 7. The van der Waals surface area contributed by atoms with Crippen molar-refractivity contribution in [3.05, 3.63) is 12.7 Å². The van der Waals surface area contributed by atoms with Crippen LogP contribution in [0, 0.1) is 5.92 Å². The maximum Gasteiger partial charge on any atom is 0.193 e. The first-order valence-electron chi connectivity index (χ1n) is 6.78. The average Bonchev–Trinajstić information content (AvgIpc) is 3.05. The number of allylic oxidation sites excluding steroid dienone is 1. The second-order valence-corrected chi connectivity index (χ2v) is 4.93. The first-order chi connectivity index (χ1) is 8.22. The van der Waals surface area contributed by atoms with Crippen LogP contribution in [0.1, 0.15) is 39.0 Å². The van der Waals surface area contributed by atoms with Gasteiger partial charge in [0.05, 0.1) is 0 Å². The fourth-order valence-electron chi connectivity index (χ4n) is 2.20. The van der Waals surface area contributed by atoms with Gasteiger partial charge in [0.25, 0.3) is 0 Å². The van der Waals surface area contributed by atoms with Crippen molar-refractivity contribution < 1.29 is 0 Å². The molecule has 0 bridgehead atoms. The highest BCUT2D eigenvalue weighted by molar-refractivity contribution is 14.0. The Morgan fingerprint density at radius 2 is 2.28 bits per heavy atom. The molecule has 0 aliphatic heterocycles. The Balaban J connectivity index is 0.00000289. The number of hydrogen-bond donors (Lipinski definition) is 1. The Bertz CT molecular complexity index is 266. The normalized spacial score (nSPS) is 22.1. The van der Waals surface area contributed by atoms with E-state index < -0.39 is 0 Å². The van der Waals surface area contributed by atoms with Crippen molar-refractivity contribution in [1.82, 2.24) is 10.2 Å². The highest BCUT2D eigenvalue weighted by Crippen LogP contribution is 2.34. The number of nitrogens with zero attached hydrogens (tertiary/aromatic N) is 2. The van der Waals surface area contributed by atoms with Crippen LogP contribution in [0.25, 0.3) is 0 Å². The molecule has 1 saturated carbocycles. The number of aliphatic imine (C=N–C) groups is 1. The van der Waals surface area contributed by atoms with Crippen LogP contribution >= 0.6 is 24.0 Å². The van der Waals surface area contributed by atoms with E-state index in [-0.39, 0.29) is 24.0 Å². The van der Waals surface area contributed by atoms with Gasteiger partial charge >= 0.3 is 0 Å². The molecule has 18 heavy (non-hydrogen) atoms. The summed E-state index contributed by atoms with van der Waals surface area (Å²) >= 11 is 0. The van der Waals surface area contributed by atoms with Gasteiger partial charge in [-0.25, -0.2) is 0 Å². The quantitative estimate of drug-likeness (QED) is 0.247. The van der Waals surface area contributed by atoms with E-state index in [4.69, 9.17) is 0 Å². The molecule has 1 fully saturated rings. The van der Waals surface area contributed by atoms with Crippen LogP contribution in [0.4, 0.5) is 0 Å². The van der Waals surface area contributed by atoms with Crippen molar-refractivity contribution in [3.63, 3.8) is 0 Å². The molecule has 106 valence electrons. The van der Waals surface area contributed by atoms with Crippen molar-refractivity contribution in [2.45, 2.75) is 45.1 Å². The lowest BCUT2D eigenvalue weighted by Gasteiger charge is -2.22. The van der Waals surface area contributed by atoms with E-state index >= 15 is 0 Å². The Morgan fingerprint density at radius 1 is 1.56 bits per heavy atom. The van der Waals surface area contributed by atoms with Gasteiger partial charge < -0.3 is 10.2 Å². The molecule has 0 saturated heterocycles. The van der Waals surface area contributed by atoms with E-state index in [9.17, 15) is 0 Å². The zero-order chi connectivity index (χ0) is 12.7. The summed E-state index contributed by atoms with van der Waals surface area (Å²) in [6.45, 7) is 7.04. The number of nitrogens with one attached hydrogen (secondary N) is 1. The third kappa shape index (κ3) is 6.07. The number of unbranched alkanes of at least 4 members (excludes halogenated alkanes) is 1. The van der Waals surface area contributed by atoms with Gasteiger partial charge in [0, 0.05) is 26.7 Å². The Labute approximate surface area is 129 Å². The molecular formula is C14H28IN3. The topological polar surface area (TPSA) is 27.6 Å². The predicted octanol–water partition coefficient (Wildman–Crippen LogP) is 3.27. The van der Waals surface area contributed by atoms with E-state index in [2.05, 4.69) is 35.8 Å². The minimum Gasteiger partial charge on any atom is -0.353 e. The molecular weight excluding hydrogens is 337 g/mol. The average molecular weight is 365 g/mol. The van der Waals surface area contributed by atoms with Gasteiger partial charge in [0.1, 0.15) is 0 Å². The van der Waals surface area contributed by atoms with Gasteiger partial charge in [-0.1, -0.05) is 19.4 Å². The third-order valence-electron chi connectivity index (χ3n) is 3.37. The van der Waals surface area contributed by atoms with E-state index in [1.54, 1.807) is 0 Å². The Hall–Kier alpha value is -0.260. The standard InChI is InChI=1S/C14H27N3.HI/c1-5-7-8-10-17(4)14(15-3)16-13-11-12(13)9-6-2;/h5,12-13H,1,6-11H2,2-4H3,(H,15,16);1H. The fraction of sp³-hybridized carbons (Fsp3) is 0.786. The van der Waals surface area contributed by atoms with E-state index in [1.807, 2.05) is 13.1 Å². The minimum absolute atomic E-state index is 0. The summed E-state index contributed by atoms with van der Waals surface area (Å²) in [4.78, 5) is 6.56. The molecule has 0 heterocycles. The van der Waals surface area contributed by atoms with Crippen molar-refractivity contribution in [3.8, 4) is 0 Å². The van der Waals surface area contributed by atoms with E-state index in [0.29, 0.717) is 6.04 Å². The zero-order valence-electron chi connectivity index (χ0n) is 12.0. The van der Waals surface area contributed by atoms with Crippen LogP contribution in [-0.2, 0) is 0 Å². The molecule has 2 atom stereocenters. The molecule has 2 unspecified atom stereocenters. The van der Waals surface area contributed by atoms with E-state index in [0.717, 1.165) is 31.3 Å². The smallest absolute Gasteiger partial charge is 0.193 e. The molecule has 0 aromatic rings. The monoisotopic (exact) mass is 365 g/mol. The number of hydrogen-bond acceptors (Lipinski definition) is 1. The molecule has 0 amide bonds. The molecule has 0 aromatic carbocycles. The lowest BCUT2D eigenvalue weighted by atomic mass is 10.2. The first-order valence-corrected chi connectivity index (χ1v) is 6.78. The van der Waals surface area contributed by atoms with Crippen molar-refractivity contribution in [1.29, 1.82) is 0 Å². The number of guanidine groups is 1. The maximum atomic E-state index is 4.35. The lowest BCUT2D eigenvalue weighted by Crippen LogP contribution is -2.41. The Kier molecular flexibility index (Phi) is 9.50. The molecule has 1 rings (SSSR count). The van der Waals surface area contributed by atoms with Gasteiger partial charge in [-0.05, 0) is 31.6 Å². The highest BCUT2D eigenvalue weighted by atomic mass is 127. The van der Waals surface area contributed by atoms with Crippen LogP contribution in [0.3, 0.4) is 0 Å². The summed E-state index contributed by atoms with van der Waals surface area (Å²) in [7, 11) is 3.97. The van der Waals surface area contributed by atoms with Gasteiger partial charge in [0.2, 0.25) is 0 Å². The predicted molar refractivity (Wildman–Crippen MR) is 90.8 cm³/mol. The summed E-state index contributed by atoms with van der Waals surface area (Å²) < 4.78 is 0. The van der Waals surface area contributed by atoms with Crippen LogP contribution in [0.5, 0.6) is 0 Å². The summed E-state index contributed by atoms with van der Waals surface area (Å²) in [5.74, 6) is 1.91. The summed E-state index contributed by atoms with van der Waals surface area (Å²) in [6, 6.07) is 0.663. The van der Waals surface area contributed by atoms with Crippen LogP contribution in [-0.4, -0.2) is 37.5 Å². The zero-order valence-corrected chi connectivity index (χ0v) is 14.3. The third-order valence-corrected chi connectivity index (χ3v) is 3.37. The Morgan fingerprint density at radius 3 is 2.83 bits per heavy atom. The van der Waals surface area contributed by atoms with Crippen molar-refractivity contribution in [2.75, 3.05) is 20.6 Å². The largest absolute Gasteiger partial charge is 0.353 e. The molecule has 1 aliphatic carbocycles. The lowest BCUT2D eigenvalue weighted by molar-refractivity contribution is 0.466. The second-order valence-electron chi connectivity index (χ2n) is 4.93. The van der Waals surface area contributed by atoms with Crippen molar-refractivity contribution in [2.24, 2.45) is 10.9 Å². The highest BCUT2D eigenvalue weighted by Gasteiger charge is 2.36. The maximum absolute atomic E-state index is 4.35. The van der Waals surface area contributed by atoms with E-state index in [1.165, 1.54) is 19.3 Å². The molecule has 3 nitrogen and oxygen atoms in total. The van der Waals surface area contributed by atoms with Gasteiger partial charge in [-0.15, -0.1) is 30.6 Å². The molecule has 0 spiro atoms. The minimum atomic E-state index is 0. The SMILES string of the molecule is C=CCCCN(C)C(=NC)NC1CC1CCC.I. The van der Waals surface area contributed by atoms with Gasteiger partial charge in [0.15, 0.2) is 5.96 Å².